The molecule has 0 amide bonds. The molecule has 0 aliphatic rings. The van der Waals surface area contributed by atoms with Crippen molar-refractivity contribution in [2.24, 2.45) is 0 Å². The third kappa shape index (κ3) is 4.09. The van der Waals surface area contributed by atoms with Crippen LogP contribution in [0.15, 0.2) is 54.3 Å². The Morgan fingerprint density at radius 2 is 1.92 bits per heavy atom. The first-order valence-corrected chi connectivity index (χ1v) is 7.12. The topological polar surface area (TPSA) is 108 Å². The Bertz CT molecular complexity index is 883. The average Bonchev–Trinajstić information content (AvgIpc) is 3.14. The lowest BCUT2D eigenvalue weighted by Gasteiger charge is -2.21. The number of aromatic nitrogens is 3. The summed E-state index contributed by atoms with van der Waals surface area (Å²) < 4.78 is 4.62. The number of allylic oxidation sites excluding steroid dienone is 3. The average molecular weight is 334 g/mol. The predicted molar refractivity (Wildman–Crippen MR) is 89.8 cm³/mol. The molecule has 1 aromatic carbocycles. The summed E-state index contributed by atoms with van der Waals surface area (Å²) in [6, 6.07) is 12.9. The third-order valence-electron chi connectivity index (χ3n) is 3.22. The van der Waals surface area contributed by atoms with Crippen molar-refractivity contribution in [3.8, 4) is 12.1 Å². The van der Waals surface area contributed by atoms with Gasteiger partial charge in [0.2, 0.25) is 0 Å². The highest BCUT2D eigenvalue weighted by Gasteiger charge is 2.15. The molecule has 8 heteroatoms. The van der Waals surface area contributed by atoms with Gasteiger partial charge in [-0.15, -0.1) is 9.90 Å². The van der Waals surface area contributed by atoms with Crippen LogP contribution in [0, 0.1) is 22.7 Å². The molecular formula is C17H14N6O2. The van der Waals surface area contributed by atoms with Gasteiger partial charge in [0, 0.05) is 12.7 Å². The summed E-state index contributed by atoms with van der Waals surface area (Å²) in [6.07, 6.45) is 4.16. The molecule has 0 spiro atoms. The fourth-order valence-electron chi connectivity index (χ4n) is 1.93. The van der Waals surface area contributed by atoms with Crippen LogP contribution >= 0.6 is 0 Å². The number of esters is 1. The summed E-state index contributed by atoms with van der Waals surface area (Å²) >= 11 is 0. The Balaban J connectivity index is 2.50. The molecule has 124 valence electrons. The molecule has 2 aromatic rings. The molecule has 2 rings (SSSR count). The standard InChI is InChI=1S/C17H14N6O2/c1-22(14-6-4-3-5-7-14)16(9-8-13(10-18)11-19)23-20-12-15(21-23)17(24)25-2/h3-9,12H,1-2H3/b16-9-. The number of carbonyl (C=O) groups excluding carboxylic acids is 1. The predicted octanol–water partition coefficient (Wildman–Crippen LogP) is 1.97. The van der Waals surface area contributed by atoms with Crippen LogP contribution in [0.1, 0.15) is 10.5 Å². The highest BCUT2D eigenvalue weighted by Crippen LogP contribution is 2.19. The fourth-order valence-corrected chi connectivity index (χ4v) is 1.93. The Labute approximate surface area is 144 Å². The summed E-state index contributed by atoms with van der Waals surface area (Å²) in [5, 5.41) is 25.9. The van der Waals surface area contributed by atoms with Crippen molar-refractivity contribution in [3.05, 3.63) is 59.9 Å². The van der Waals surface area contributed by atoms with Crippen LogP contribution in [0.3, 0.4) is 0 Å². The number of rotatable bonds is 5. The summed E-state index contributed by atoms with van der Waals surface area (Å²) in [5.41, 5.74) is 0.800. The highest BCUT2D eigenvalue weighted by molar-refractivity contribution is 5.86. The van der Waals surface area contributed by atoms with Crippen LogP contribution in [0.25, 0.3) is 5.82 Å². The zero-order valence-electron chi connectivity index (χ0n) is 13.6. The van der Waals surface area contributed by atoms with Gasteiger partial charge in [-0.05, 0) is 24.3 Å². The van der Waals surface area contributed by atoms with E-state index in [9.17, 15) is 4.79 Å². The SMILES string of the molecule is COC(=O)c1cnn(/C(=C\C=C(C#N)C#N)N(C)c2ccccc2)n1. The highest BCUT2D eigenvalue weighted by atomic mass is 16.5. The molecule has 0 aliphatic carbocycles. The second kappa shape index (κ2) is 8.09. The summed E-state index contributed by atoms with van der Waals surface area (Å²) in [5.74, 6) is -0.178. The van der Waals surface area contributed by atoms with Crippen molar-refractivity contribution in [2.45, 2.75) is 0 Å². The van der Waals surface area contributed by atoms with Crippen LogP contribution in [0.2, 0.25) is 0 Å². The lowest BCUT2D eigenvalue weighted by atomic mass is 10.2. The molecule has 0 unspecified atom stereocenters. The second-order valence-corrected chi connectivity index (χ2v) is 4.73. The van der Waals surface area contributed by atoms with E-state index >= 15 is 0 Å². The number of carbonyl (C=O) groups is 1. The molecule has 0 saturated heterocycles. The van der Waals surface area contributed by atoms with Crippen molar-refractivity contribution < 1.29 is 9.53 Å². The van der Waals surface area contributed by atoms with Crippen molar-refractivity contribution in [3.63, 3.8) is 0 Å². The van der Waals surface area contributed by atoms with Crippen molar-refractivity contribution >= 4 is 17.5 Å². The van der Waals surface area contributed by atoms with Gasteiger partial charge in [-0.1, -0.05) is 18.2 Å². The van der Waals surface area contributed by atoms with Gasteiger partial charge in [-0.25, -0.2) is 4.79 Å². The molecule has 0 aliphatic heterocycles. The molecule has 0 saturated carbocycles. The van der Waals surface area contributed by atoms with Gasteiger partial charge in [-0.3, -0.25) is 0 Å². The summed E-state index contributed by atoms with van der Waals surface area (Å²) in [7, 11) is 3.03. The number of methoxy groups -OCH3 is 1. The molecule has 1 aromatic heterocycles. The maximum Gasteiger partial charge on any atom is 0.360 e. The van der Waals surface area contributed by atoms with Crippen LogP contribution in [-0.2, 0) is 4.74 Å². The maximum atomic E-state index is 11.6. The second-order valence-electron chi connectivity index (χ2n) is 4.73. The third-order valence-corrected chi connectivity index (χ3v) is 3.22. The Kier molecular flexibility index (Phi) is 5.64. The van der Waals surface area contributed by atoms with Crippen molar-refractivity contribution in [1.82, 2.24) is 15.0 Å². The zero-order valence-corrected chi connectivity index (χ0v) is 13.6. The van der Waals surface area contributed by atoms with E-state index in [1.54, 1.807) is 24.1 Å². The first kappa shape index (κ1) is 17.4. The van der Waals surface area contributed by atoms with Gasteiger partial charge in [0.1, 0.15) is 17.7 Å². The molecule has 0 N–H and O–H groups in total. The van der Waals surface area contributed by atoms with Crippen molar-refractivity contribution in [2.75, 3.05) is 19.1 Å². The largest absolute Gasteiger partial charge is 0.464 e. The molecule has 0 bridgehead atoms. The van der Waals surface area contributed by atoms with E-state index in [0.29, 0.717) is 5.82 Å². The van der Waals surface area contributed by atoms with Crippen LogP contribution < -0.4 is 4.90 Å². The minimum absolute atomic E-state index is 0.0413. The zero-order chi connectivity index (χ0) is 18.2. The number of hydrogen-bond acceptors (Lipinski definition) is 7. The van der Waals surface area contributed by atoms with E-state index in [0.717, 1.165) is 5.69 Å². The van der Waals surface area contributed by atoms with E-state index < -0.39 is 5.97 Å². The normalized spacial score (nSPS) is 10.3. The van der Waals surface area contributed by atoms with Gasteiger partial charge in [0.25, 0.3) is 0 Å². The Morgan fingerprint density at radius 1 is 1.24 bits per heavy atom. The van der Waals surface area contributed by atoms with E-state index in [4.69, 9.17) is 10.5 Å². The smallest absolute Gasteiger partial charge is 0.360 e. The van der Waals surface area contributed by atoms with Crippen LogP contribution in [0.5, 0.6) is 0 Å². The van der Waals surface area contributed by atoms with E-state index in [-0.39, 0.29) is 11.3 Å². The molecule has 1 heterocycles. The molecule has 8 nitrogen and oxygen atoms in total. The molecule has 0 atom stereocenters. The first-order valence-electron chi connectivity index (χ1n) is 7.12. The van der Waals surface area contributed by atoms with Gasteiger partial charge >= 0.3 is 5.97 Å². The summed E-state index contributed by atoms with van der Waals surface area (Å²) in [6.45, 7) is 0. The number of anilines is 1. The fraction of sp³-hybridized carbons (Fsp3) is 0.118. The molecular weight excluding hydrogens is 320 g/mol. The number of nitrogens with zero attached hydrogens (tertiary/aromatic N) is 6. The number of nitriles is 2. The monoisotopic (exact) mass is 334 g/mol. The Hall–Kier alpha value is -3.91. The van der Waals surface area contributed by atoms with E-state index in [1.165, 1.54) is 30.3 Å². The van der Waals surface area contributed by atoms with Gasteiger partial charge in [0.15, 0.2) is 11.5 Å². The van der Waals surface area contributed by atoms with Gasteiger partial charge in [0.05, 0.1) is 13.3 Å². The van der Waals surface area contributed by atoms with Crippen LogP contribution in [0.4, 0.5) is 5.69 Å². The van der Waals surface area contributed by atoms with Gasteiger partial charge < -0.3 is 9.64 Å². The maximum absolute atomic E-state index is 11.6. The lowest BCUT2D eigenvalue weighted by Crippen LogP contribution is -2.22. The number of para-hydroxylation sites is 1. The summed E-state index contributed by atoms with van der Waals surface area (Å²) in [4.78, 5) is 14.6. The lowest BCUT2D eigenvalue weighted by molar-refractivity contribution is 0.0593. The minimum Gasteiger partial charge on any atom is -0.464 e. The van der Waals surface area contributed by atoms with Crippen LogP contribution in [-0.4, -0.2) is 35.1 Å². The first-order chi connectivity index (χ1) is 12.1. The van der Waals surface area contributed by atoms with E-state index in [1.807, 2.05) is 30.3 Å². The van der Waals surface area contributed by atoms with Gasteiger partial charge in [-0.2, -0.15) is 15.6 Å². The van der Waals surface area contributed by atoms with E-state index in [2.05, 4.69) is 14.9 Å². The number of ether oxygens (including phenoxy) is 1. The minimum atomic E-state index is -0.613. The number of benzene rings is 1. The molecule has 25 heavy (non-hydrogen) atoms. The van der Waals surface area contributed by atoms with Crippen molar-refractivity contribution in [1.29, 1.82) is 10.5 Å². The number of hydrogen-bond donors (Lipinski definition) is 0. The quantitative estimate of drug-likeness (QED) is 0.467. The molecule has 0 radical (unpaired) electrons. The molecule has 0 fully saturated rings. The Morgan fingerprint density at radius 3 is 2.52 bits per heavy atom.